The molecule has 1 unspecified atom stereocenters. The number of likely N-dealkylation sites (tertiary alicyclic amines) is 1. The molecule has 88 valence electrons. The molecular formula is C12H16BrNO2. The molecule has 16 heavy (non-hydrogen) atoms. The lowest BCUT2D eigenvalue weighted by Crippen LogP contribution is -2.26. The van der Waals surface area contributed by atoms with Crippen LogP contribution in [0.4, 0.5) is 0 Å². The number of rotatable bonds is 5. The molecule has 1 amide bonds. The summed E-state index contributed by atoms with van der Waals surface area (Å²) in [6.45, 7) is 1.76. The lowest BCUT2D eigenvalue weighted by Gasteiger charge is -2.15. The fourth-order valence-electron chi connectivity index (χ4n) is 2.07. The first-order valence-electron chi connectivity index (χ1n) is 5.65. The van der Waals surface area contributed by atoms with Crippen molar-refractivity contribution in [3.8, 4) is 0 Å². The van der Waals surface area contributed by atoms with E-state index in [9.17, 15) is 4.79 Å². The third-order valence-corrected chi connectivity index (χ3v) is 3.86. The summed E-state index contributed by atoms with van der Waals surface area (Å²) in [5.74, 6) is 1.80. The van der Waals surface area contributed by atoms with Crippen molar-refractivity contribution in [3.05, 3.63) is 24.2 Å². The van der Waals surface area contributed by atoms with Gasteiger partial charge < -0.3 is 9.32 Å². The van der Waals surface area contributed by atoms with Gasteiger partial charge in [0, 0.05) is 31.3 Å². The van der Waals surface area contributed by atoms with E-state index < -0.39 is 0 Å². The summed E-state index contributed by atoms with van der Waals surface area (Å²) >= 11 is 3.44. The molecule has 4 heteroatoms. The fourth-order valence-corrected chi connectivity index (χ4v) is 2.51. The maximum Gasteiger partial charge on any atom is 0.222 e. The average Bonchev–Trinajstić information content (AvgIpc) is 2.89. The quantitative estimate of drug-likeness (QED) is 0.779. The molecule has 1 atom stereocenters. The van der Waals surface area contributed by atoms with Crippen LogP contribution >= 0.6 is 15.9 Å². The van der Waals surface area contributed by atoms with Crippen LogP contribution in [-0.2, 0) is 11.2 Å². The van der Waals surface area contributed by atoms with Gasteiger partial charge in [0.25, 0.3) is 0 Å². The van der Waals surface area contributed by atoms with E-state index in [0.29, 0.717) is 18.2 Å². The van der Waals surface area contributed by atoms with Crippen LogP contribution in [0.3, 0.4) is 0 Å². The molecule has 1 saturated heterocycles. The zero-order valence-electron chi connectivity index (χ0n) is 9.19. The molecule has 0 spiro atoms. The predicted octanol–water partition coefficient (Wildman–Crippen LogP) is 2.46. The maximum absolute atomic E-state index is 11.6. The number of hydrogen-bond acceptors (Lipinski definition) is 2. The van der Waals surface area contributed by atoms with E-state index in [2.05, 4.69) is 15.9 Å². The summed E-state index contributed by atoms with van der Waals surface area (Å²) in [4.78, 5) is 13.6. The second kappa shape index (κ2) is 5.53. The van der Waals surface area contributed by atoms with Crippen LogP contribution in [0.15, 0.2) is 22.8 Å². The summed E-state index contributed by atoms with van der Waals surface area (Å²) in [6.07, 6.45) is 4.28. The first-order valence-corrected chi connectivity index (χ1v) is 6.78. The molecule has 0 bridgehead atoms. The van der Waals surface area contributed by atoms with E-state index in [-0.39, 0.29) is 0 Å². The van der Waals surface area contributed by atoms with Gasteiger partial charge in [0.05, 0.1) is 6.26 Å². The molecule has 3 nitrogen and oxygen atoms in total. The molecule has 0 radical (unpaired) electrons. The van der Waals surface area contributed by atoms with Gasteiger partial charge in [-0.3, -0.25) is 4.79 Å². The van der Waals surface area contributed by atoms with Gasteiger partial charge in [-0.1, -0.05) is 15.9 Å². The van der Waals surface area contributed by atoms with Gasteiger partial charge in [0.15, 0.2) is 0 Å². The second-order valence-corrected chi connectivity index (χ2v) is 4.89. The molecular weight excluding hydrogens is 270 g/mol. The molecule has 0 aromatic carbocycles. The molecule has 1 aliphatic rings. The largest absolute Gasteiger partial charge is 0.469 e. The van der Waals surface area contributed by atoms with Crippen molar-refractivity contribution in [1.29, 1.82) is 0 Å². The summed E-state index contributed by atoms with van der Waals surface area (Å²) in [5, 5.41) is 0.924. The second-order valence-electron chi connectivity index (χ2n) is 4.25. The molecule has 1 aromatic rings. The maximum atomic E-state index is 11.6. The van der Waals surface area contributed by atoms with Crippen molar-refractivity contribution in [1.82, 2.24) is 4.90 Å². The molecule has 0 aliphatic carbocycles. The summed E-state index contributed by atoms with van der Waals surface area (Å²) in [7, 11) is 0. The van der Waals surface area contributed by atoms with Crippen LogP contribution < -0.4 is 0 Å². The Balaban J connectivity index is 1.72. The third kappa shape index (κ3) is 2.88. The average molecular weight is 286 g/mol. The molecule has 0 saturated carbocycles. The highest BCUT2D eigenvalue weighted by Crippen LogP contribution is 2.20. The number of hydrogen-bond donors (Lipinski definition) is 0. The van der Waals surface area contributed by atoms with E-state index in [0.717, 1.165) is 37.0 Å². The zero-order valence-corrected chi connectivity index (χ0v) is 10.8. The predicted molar refractivity (Wildman–Crippen MR) is 65.5 cm³/mol. The number of nitrogens with zero attached hydrogens (tertiary/aromatic N) is 1. The van der Waals surface area contributed by atoms with Crippen LogP contribution in [0.5, 0.6) is 0 Å². The van der Waals surface area contributed by atoms with E-state index in [1.807, 2.05) is 17.0 Å². The number of carbonyl (C=O) groups excluding carboxylic acids is 1. The molecule has 2 heterocycles. The number of aryl methyl sites for hydroxylation is 1. The summed E-state index contributed by atoms with van der Waals surface area (Å²) < 4.78 is 5.26. The number of amides is 1. The fraction of sp³-hybridized carbons (Fsp3) is 0.583. The first-order chi connectivity index (χ1) is 7.79. The number of furan rings is 1. The van der Waals surface area contributed by atoms with E-state index >= 15 is 0 Å². The lowest BCUT2D eigenvalue weighted by molar-refractivity contribution is -0.127. The molecule has 0 N–H and O–H groups in total. The SMILES string of the molecule is O=C1CC(CBr)CN1CCCc1ccco1. The zero-order chi connectivity index (χ0) is 11.4. The monoisotopic (exact) mass is 285 g/mol. The Morgan fingerprint density at radius 2 is 2.44 bits per heavy atom. The molecule has 1 aliphatic heterocycles. The standard InChI is InChI=1S/C12H16BrNO2/c13-8-10-7-12(15)14(9-10)5-1-3-11-4-2-6-16-11/h2,4,6,10H,1,3,5,7-9H2. The van der Waals surface area contributed by atoms with Crippen molar-refractivity contribution in [3.63, 3.8) is 0 Å². The number of alkyl halides is 1. The summed E-state index contributed by atoms with van der Waals surface area (Å²) in [6, 6.07) is 3.88. The van der Waals surface area contributed by atoms with Crippen molar-refractivity contribution >= 4 is 21.8 Å². The van der Waals surface area contributed by atoms with Crippen molar-refractivity contribution in [2.75, 3.05) is 18.4 Å². The highest BCUT2D eigenvalue weighted by atomic mass is 79.9. The topological polar surface area (TPSA) is 33.5 Å². The Morgan fingerprint density at radius 1 is 1.56 bits per heavy atom. The Kier molecular flexibility index (Phi) is 4.04. The molecule has 1 aromatic heterocycles. The Bertz CT molecular complexity index is 337. The van der Waals surface area contributed by atoms with Crippen LogP contribution in [0.2, 0.25) is 0 Å². The van der Waals surface area contributed by atoms with Gasteiger partial charge in [0.1, 0.15) is 5.76 Å². The van der Waals surface area contributed by atoms with E-state index in [4.69, 9.17) is 4.42 Å². The van der Waals surface area contributed by atoms with Crippen molar-refractivity contribution < 1.29 is 9.21 Å². The van der Waals surface area contributed by atoms with Gasteiger partial charge >= 0.3 is 0 Å². The van der Waals surface area contributed by atoms with Gasteiger partial charge in [0.2, 0.25) is 5.91 Å². The third-order valence-electron chi connectivity index (χ3n) is 2.94. The Morgan fingerprint density at radius 3 is 3.06 bits per heavy atom. The van der Waals surface area contributed by atoms with Crippen LogP contribution in [0.1, 0.15) is 18.6 Å². The number of halogens is 1. The van der Waals surface area contributed by atoms with Crippen LogP contribution in [0.25, 0.3) is 0 Å². The number of carbonyl (C=O) groups is 1. The minimum Gasteiger partial charge on any atom is -0.469 e. The Labute approximate surface area is 104 Å². The van der Waals surface area contributed by atoms with Crippen molar-refractivity contribution in [2.24, 2.45) is 5.92 Å². The van der Waals surface area contributed by atoms with Gasteiger partial charge in [-0.2, -0.15) is 0 Å². The van der Waals surface area contributed by atoms with Crippen LogP contribution in [-0.4, -0.2) is 29.2 Å². The van der Waals surface area contributed by atoms with Crippen LogP contribution in [0, 0.1) is 5.92 Å². The smallest absolute Gasteiger partial charge is 0.222 e. The molecule has 2 rings (SSSR count). The van der Waals surface area contributed by atoms with Crippen molar-refractivity contribution in [2.45, 2.75) is 19.3 Å². The molecule has 1 fully saturated rings. The van der Waals surface area contributed by atoms with E-state index in [1.54, 1.807) is 6.26 Å². The van der Waals surface area contributed by atoms with E-state index in [1.165, 1.54) is 0 Å². The minimum absolute atomic E-state index is 0.295. The summed E-state index contributed by atoms with van der Waals surface area (Å²) in [5.41, 5.74) is 0. The first kappa shape index (κ1) is 11.7. The van der Waals surface area contributed by atoms with Gasteiger partial charge in [-0.05, 0) is 24.5 Å². The van der Waals surface area contributed by atoms with Gasteiger partial charge in [-0.15, -0.1) is 0 Å². The normalized spacial score (nSPS) is 20.7. The van der Waals surface area contributed by atoms with Gasteiger partial charge in [-0.25, -0.2) is 0 Å². The lowest BCUT2D eigenvalue weighted by atomic mass is 10.2. The Hall–Kier alpha value is -0.770. The highest BCUT2D eigenvalue weighted by molar-refractivity contribution is 9.09. The minimum atomic E-state index is 0.295. The highest BCUT2D eigenvalue weighted by Gasteiger charge is 2.27.